The van der Waals surface area contributed by atoms with Crippen LogP contribution in [-0.4, -0.2) is 54.2 Å². The van der Waals surface area contributed by atoms with Gasteiger partial charge < -0.3 is 20.1 Å². The molecule has 2 aromatic rings. The number of hydrogen-bond donors (Lipinski definition) is 2. The summed E-state index contributed by atoms with van der Waals surface area (Å²) >= 11 is 0. The van der Waals surface area contributed by atoms with Crippen molar-refractivity contribution in [1.82, 2.24) is 10.2 Å². The number of carbonyl (C=O) groups is 3. The van der Waals surface area contributed by atoms with Crippen molar-refractivity contribution in [3.8, 4) is 11.1 Å². The van der Waals surface area contributed by atoms with Crippen molar-refractivity contribution in [2.75, 3.05) is 26.2 Å². The van der Waals surface area contributed by atoms with Crippen molar-refractivity contribution in [3.05, 3.63) is 59.7 Å². The summed E-state index contributed by atoms with van der Waals surface area (Å²) in [6, 6.07) is 16.3. The highest BCUT2D eigenvalue weighted by atomic mass is 16.5. The molecule has 0 aromatic heterocycles. The van der Waals surface area contributed by atoms with E-state index in [9.17, 15) is 19.5 Å². The first-order valence-corrected chi connectivity index (χ1v) is 11.0. The highest BCUT2D eigenvalue weighted by Crippen LogP contribution is 2.44. The second-order valence-corrected chi connectivity index (χ2v) is 8.55. The Morgan fingerprint density at radius 3 is 2.31 bits per heavy atom. The number of carbonyl (C=O) groups excluding carboxylic acids is 2. The van der Waals surface area contributed by atoms with Gasteiger partial charge >= 0.3 is 12.1 Å². The molecular weight excluding hydrogens is 408 g/mol. The number of alkyl carbamates (subject to hydrolysis) is 1. The summed E-state index contributed by atoms with van der Waals surface area (Å²) in [5.74, 6) is -1.52. The number of rotatable bonds is 6. The zero-order valence-corrected chi connectivity index (χ0v) is 18.1. The Morgan fingerprint density at radius 2 is 1.69 bits per heavy atom. The predicted molar refractivity (Wildman–Crippen MR) is 119 cm³/mol. The van der Waals surface area contributed by atoms with Crippen molar-refractivity contribution in [2.45, 2.75) is 25.7 Å². The molecule has 0 spiro atoms. The average molecular weight is 437 g/mol. The monoisotopic (exact) mass is 436 g/mol. The number of carboxylic acids is 1. The lowest BCUT2D eigenvalue weighted by Gasteiger charge is -2.35. The molecular formula is C25H28N2O5. The maximum absolute atomic E-state index is 12.4. The number of nitrogens with zero attached hydrogens (tertiary/aromatic N) is 1. The number of piperidine rings is 1. The molecule has 2 aliphatic rings. The first kappa shape index (κ1) is 21.9. The molecule has 2 aromatic carbocycles. The highest BCUT2D eigenvalue weighted by molar-refractivity contribution is 5.80. The van der Waals surface area contributed by atoms with Gasteiger partial charge in [0.15, 0.2) is 0 Å². The van der Waals surface area contributed by atoms with Gasteiger partial charge in [-0.2, -0.15) is 0 Å². The van der Waals surface area contributed by atoms with Gasteiger partial charge in [-0.25, -0.2) is 4.79 Å². The van der Waals surface area contributed by atoms with Crippen LogP contribution < -0.4 is 5.32 Å². The van der Waals surface area contributed by atoms with E-state index in [0.717, 1.165) is 11.1 Å². The fraction of sp³-hybridized carbons (Fsp3) is 0.400. The minimum atomic E-state index is -0.869. The van der Waals surface area contributed by atoms with Crippen molar-refractivity contribution >= 4 is 18.0 Å². The van der Waals surface area contributed by atoms with Gasteiger partial charge in [0.2, 0.25) is 5.91 Å². The maximum atomic E-state index is 12.4. The molecule has 2 amide bonds. The Morgan fingerprint density at radius 1 is 1.06 bits per heavy atom. The summed E-state index contributed by atoms with van der Waals surface area (Å²) in [5, 5.41) is 12.0. The van der Waals surface area contributed by atoms with Gasteiger partial charge in [0, 0.05) is 32.0 Å². The third-order valence-corrected chi connectivity index (χ3v) is 6.58. The smallest absolute Gasteiger partial charge is 0.407 e. The third-order valence-electron chi connectivity index (χ3n) is 6.58. The van der Waals surface area contributed by atoms with Gasteiger partial charge in [-0.05, 0) is 34.6 Å². The van der Waals surface area contributed by atoms with Crippen molar-refractivity contribution in [1.29, 1.82) is 0 Å². The first-order valence-electron chi connectivity index (χ1n) is 11.0. The molecule has 1 saturated heterocycles. The van der Waals surface area contributed by atoms with Crippen LogP contribution in [0.4, 0.5) is 4.79 Å². The molecule has 7 nitrogen and oxygen atoms in total. The van der Waals surface area contributed by atoms with E-state index in [4.69, 9.17) is 4.74 Å². The van der Waals surface area contributed by atoms with E-state index in [2.05, 4.69) is 29.6 Å². The normalized spacial score (nSPS) is 19.7. The van der Waals surface area contributed by atoms with E-state index in [-0.39, 0.29) is 43.9 Å². The quantitative estimate of drug-likeness (QED) is 0.723. The lowest BCUT2D eigenvalue weighted by Crippen LogP contribution is -2.46. The van der Waals surface area contributed by atoms with Crippen LogP contribution in [-0.2, 0) is 14.3 Å². The molecule has 2 N–H and O–H groups in total. The number of amides is 2. The molecule has 1 heterocycles. The maximum Gasteiger partial charge on any atom is 0.407 e. The van der Waals surface area contributed by atoms with Crippen LogP contribution in [0.15, 0.2) is 48.5 Å². The largest absolute Gasteiger partial charge is 0.481 e. The summed E-state index contributed by atoms with van der Waals surface area (Å²) < 4.78 is 5.48. The van der Waals surface area contributed by atoms with Crippen LogP contribution >= 0.6 is 0 Å². The van der Waals surface area contributed by atoms with Crippen LogP contribution in [0.3, 0.4) is 0 Å². The number of carboxylic acid groups (broad SMARTS) is 1. The molecule has 0 saturated carbocycles. The molecule has 168 valence electrons. The number of hydrogen-bond acceptors (Lipinski definition) is 4. The number of nitrogens with one attached hydrogen (secondary N) is 1. The summed E-state index contributed by atoms with van der Waals surface area (Å²) in [5.41, 5.74) is 4.62. The van der Waals surface area contributed by atoms with E-state index >= 15 is 0 Å². The van der Waals surface area contributed by atoms with Crippen LogP contribution in [0.1, 0.15) is 36.8 Å². The molecule has 2 unspecified atom stereocenters. The second kappa shape index (κ2) is 9.42. The second-order valence-electron chi connectivity index (χ2n) is 8.55. The van der Waals surface area contributed by atoms with Crippen molar-refractivity contribution < 1.29 is 24.2 Å². The number of benzene rings is 2. The number of fused-ring (bicyclic) bond motifs is 3. The third kappa shape index (κ3) is 4.47. The average Bonchev–Trinajstić information content (AvgIpc) is 3.11. The predicted octanol–water partition coefficient (Wildman–Crippen LogP) is 3.48. The van der Waals surface area contributed by atoms with Crippen molar-refractivity contribution in [2.24, 2.45) is 11.8 Å². The van der Waals surface area contributed by atoms with E-state index in [1.54, 1.807) is 4.90 Å². The standard InChI is InChI=1S/C25H28N2O5/c1-16-11-13-27(14-21(16)24(29)30)23(28)10-12-26-25(31)32-15-22-19-8-4-2-6-17(19)18-7-3-5-9-20(18)22/h2-9,16,21-22H,10-15H2,1H3,(H,26,31)(H,29,30). The van der Waals surface area contributed by atoms with Crippen LogP contribution in [0, 0.1) is 11.8 Å². The Kier molecular flexibility index (Phi) is 6.44. The SMILES string of the molecule is CC1CCN(C(=O)CCNC(=O)OCC2c3ccccc3-c3ccccc32)CC1C(=O)O. The molecule has 1 aliphatic heterocycles. The van der Waals surface area contributed by atoms with Gasteiger partial charge in [-0.1, -0.05) is 55.5 Å². The molecule has 2 atom stereocenters. The summed E-state index contributed by atoms with van der Waals surface area (Å²) in [6.45, 7) is 3.05. The van der Waals surface area contributed by atoms with Gasteiger partial charge in [0.05, 0.1) is 5.92 Å². The Labute approximate surface area is 187 Å². The molecule has 32 heavy (non-hydrogen) atoms. The van der Waals surface area contributed by atoms with Gasteiger partial charge in [-0.3, -0.25) is 9.59 Å². The van der Waals surface area contributed by atoms with Gasteiger partial charge in [0.1, 0.15) is 6.61 Å². The molecule has 1 aliphatic carbocycles. The molecule has 4 rings (SSSR count). The van der Waals surface area contributed by atoms with E-state index in [1.807, 2.05) is 31.2 Å². The number of likely N-dealkylation sites (tertiary alicyclic amines) is 1. The van der Waals surface area contributed by atoms with Gasteiger partial charge in [-0.15, -0.1) is 0 Å². The Balaban J connectivity index is 1.26. The lowest BCUT2D eigenvalue weighted by atomic mass is 9.87. The van der Waals surface area contributed by atoms with E-state index in [1.165, 1.54) is 11.1 Å². The fourth-order valence-corrected chi connectivity index (χ4v) is 4.70. The molecule has 0 bridgehead atoms. The fourth-order valence-electron chi connectivity index (χ4n) is 4.70. The minimum absolute atomic E-state index is 0.0157. The van der Waals surface area contributed by atoms with E-state index in [0.29, 0.717) is 13.0 Å². The summed E-state index contributed by atoms with van der Waals surface area (Å²) in [6.07, 6.45) is 0.225. The van der Waals surface area contributed by atoms with Crippen LogP contribution in [0.25, 0.3) is 11.1 Å². The summed E-state index contributed by atoms with van der Waals surface area (Å²) in [4.78, 5) is 37.6. The summed E-state index contributed by atoms with van der Waals surface area (Å²) in [7, 11) is 0. The molecule has 1 fully saturated rings. The van der Waals surface area contributed by atoms with Gasteiger partial charge in [0.25, 0.3) is 0 Å². The molecule has 0 radical (unpaired) electrons. The number of ether oxygens (including phenoxy) is 1. The number of aliphatic carboxylic acids is 1. The topological polar surface area (TPSA) is 95.9 Å². The van der Waals surface area contributed by atoms with Crippen LogP contribution in [0.5, 0.6) is 0 Å². The highest BCUT2D eigenvalue weighted by Gasteiger charge is 2.33. The van der Waals surface area contributed by atoms with Crippen molar-refractivity contribution in [3.63, 3.8) is 0 Å². The Bertz CT molecular complexity index is 975. The minimum Gasteiger partial charge on any atom is -0.481 e. The lowest BCUT2D eigenvalue weighted by molar-refractivity contribution is -0.148. The van der Waals surface area contributed by atoms with Crippen LogP contribution in [0.2, 0.25) is 0 Å². The zero-order valence-electron chi connectivity index (χ0n) is 18.1. The first-order chi connectivity index (χ1) is 15.5. The molecule has 7 heteroatoms. The Hall–Kier alpha value is -3.35. The zero-order chi connectivity index (χ0) is 22.7. The van der Waals surface area contributed by atoms with E-state index < -0.39 is 18.0 Å².